The Kier molecular flexibility index (Phi) is 6.81. The Bertz CT molecular complexity index is 1130. The molecule has 3 aromatic rings. The maximum absolute atomic E-state index is 13.1. The van der Waals surface area contributed by atoms with Crippen LogP contribution in [0, 0.1) is 0 Å². The topological polar surface area (TPSA) is 80.1 Å². The number of carbonyl (C=O) groups is 2. The van der Waals surface area contributed by atoms with Crippen LogP contribution < -0.4 is 10.2 Å². The molecule has 0 aliphatic carbocycles. The molecule has 0 bridgehead atoms. The summed E-state index contributed by atoms with van der Waals surface area (Å²) in [6, 6.07) is 14.5. The summed E-state index contributed by atoms with van der Waals surface area (Å²) in [6.07, 6.45) is 2.24. The van der Waals surface area contributed by atoms with Gasteiger partial charge in [-0.05, 0) is 62.2 Å². The van der Waals surface area contributed by atoms with Crippen molar-refractivity contribution in [1.29, 1.82) is 0 Å². The number of nitrogens with one attached hydrogen (secondary N) is 1. The standard InChI is InChI=1S/C23H24ClN5O2S/c1-15(21(31)17-8-10-19(11-9-17)25-16(2)30)32-23-27-26-22(28-12-3-4-13-28)29(23)20-7-5-6-18(24)14-20/h5-11,14-15H,3-4,12-13H2,1-2H3,(H,25,30). The number of aromatic nitrogens is 3. The van der Waals surface area contributed by atoms with Crippen molar-refractivity contribution in [2.24, 2.45) is 0 Å². The number of ketones is 1. The second-order valence-electron chi connectivity index (χ2n) is 7.67. The van der Waals surface area contributed by atoms with Gasteiger partial charge < -0.3 is 10.2 Å². The van der Waals surface area contributed by atoms with Crippen LogP contribution >= 0.6 is 23.4 Å². The number of halogens is 1. The Balaban J connectivity index is 1.59. The summed E-state index contributed by atoms with van der Waals surface area (Å²) in [5.74, 6) is 0.599. The third-order valence-electron chi connectivity index (χ3n) is 5.21. The Morgan fingerprint density at radius 1 is 1.09 bits per heavy atom. The number of hydrogen-bond donors (Lipinski definition) is 1. The molecule has 2 heterocycles. The lowest BCUT2D eigenvalue weighted by molar-refractivity contribution is -0.114. The summed E-state index contributed by atoms with van der Waals surface area (Å²) in [4.78, 5) is 26.5. The highest BCUT2D eigenvalue weighted by Gasteiger charge is 2.25. The van der Waals surface area contributed by atoms with Crippen LogP contribution in [0.15, 0.2) is 53.7 Å². The number of anilines is 2. The summed E-state index contributed by atoms with van der Waals surface area (Å²) < 4.78 is 1.98. The minimum Gasteiger partial charge on any atom is -0.341 e. The van der Waals surface area contributed by atoms with E-state index >= 15 is 0 Å². The van der Waals surface area contributed by atoms with Crippen LogP contribution in [0.4, 0.5) is 11.6 Å². The molecule has 1 amide bonds. The predicted octanol–water partition coefficient (Wildman–Crippen LogP) is 4.84. The number of carbonyl (C=O) groups excluding carboxylic acids is 2. The Morgan fingerprint density at radius 2 is 1.81 bits per heavy atom. The van der Waals surface area contributed by atoms with E-state index < -0.39 is 0 Å². The highest BCUT2D eigenvalue weighted by molar-refractivity contribution is 8.00. The molecule has 9 heteroatoms. The number of benzene rings is 2. The van der Waals surface area contributed by atoms with E-state index in [1.54, 1.807) is 24.3 Å². The molecule has 1 aliphatic rings. The number of hydrogen-bond acceptors (Lipinski definition) is 6. The molecule has 1 aliphatic heterocycles. The molecular weight excluding hydrogens is 446 g/mol. The van der Waals surface area contributed by atoms with Crippen LogP contribution in [0.1, 0.15) is 37.0 Å². The molecule has 1 saturated heterocycles. The van der Waals surface area contributed by atoms with Gasteiger partial charge in [-0.1, -0.05) is 29.4 Å². The Morgan fingerprint density at radius 3 is 2.47 bits per heavy atom. The van der Waals surface area contributed by atoms with Crippen molar-refractivity contribution in [2.45, 2.75) is 37.1 Å². The number of nitrogens with zero attached hydrogens (tertiary/aromatic N) is 4. The van der Waals surface area contributed by atoms with E-state index in [1.165, 1.54) is 18.7 Å². The summed E-state index contributed by atoms with van der Waals surface area (Å²) in [5.41, 5.74) is 2.10. The Hall–Kier alpha value is -2.84. The van der Waals surface area contributed by atoms with E-state index in [0.29, 0.717) is 21.4 Å². The Labute approximate surface area is 196 Å². The number of Topliss-reactive ketones (excluding diaryl/α,β-unsaturated/α-hetero) is 1. The predicted molar refractivity (Wildman–Crippen MR) is 128 cm³/mol. The lowest BCUT2D eigenvalue weighted by Crippen LogP contribution is -2.22. The molecule has 7 nitrogen and oxygen atoms in total. The van der Waals surface area contributed by atoms with Gasteiger partial charge in [-0.2, -0.15) is 0 Å². The van der Waals surface area contributed by atoms with Crippen molar-refractivity contribution in [2.75, 3.05) is 23.3 Å². The van der Waals surface area contributed by atoms with Crippen LogP contribution in [0.5, 0.6) is 0 Å². The number of amides is 1. The third kappa shape index (κ3) is 4.97. The molecule has 1 unspecified atom stereocenters. The first-order chi connectivity index (χ1) is 15.4. The molecule has 166 valence electrons. The number of rotatable bonds is 7. The first-order valence-corrected chi connectivity index (χ1v) is 11.7. The monoisotopic (exact) mass is 469 g/mol. The molecular formula is C23H24ClN5O2S. The normalized spacial score (nSPS) is 14.4. The molecule has 0 saturated carbocycles. The van der Waals surface area contributed by atoms with Crippen LogP contribution in [0.2, 0.25) is 5.02 Å². The van der Waals surface area contributed by atoms with Gasteiger partial charge >= 0.3 is 0 Å². The maximum atomic E-state index is 13.1. The minimum atomic E-state index is -0.379. The molecule has 4 rings (SSSR count). The van der Waals surface area contributed by atoms with Crippen molar-refractivity contribution in [1.82, 2.24) is 14.8 Å². The van der Waals surface area contributed by atoms with Gasteiger partial charge in [-0.25, -0.2) is 0 Å². The zero-order chi connectivity index (χ0) is 22.7. The van der Waals surface area contributed by atoms with Crippen LogP contribution in [-0.4, -0.2) is 44.8 Å². The first-order valence-electron chi connectivity index (χ1n) is 10.5. The highest BCUT2D eigenvalue weighted by atomic mass is 35.5. The van der Waals surface area contributed by atoms with E-state index in [-0.39, 0.29) is 16.9 Å². The second kappa shape index (κ2) is 9.75. The SMILES string of the molecule is CC(=O)Nc1ccc(C(=O)C(C)Sc2nnc(N3CCCC3)n2-c2cccc(Cl)c2)cc1. The van der Waals surface area contributed by atoms with E-state index in [1.807, 2.05) is 35.8 Å². The molecule has 1 N–H and O–H groups in total. The third-order valence-corrected chi connectivity index (χ3v) is 6.49. The van der Waals surface area contributed by atoms with E-state index in [2.05, 4.69) is 20.4 Å². The molecule has 0 radical (unpaired) electrons. The molecule has 0 spiro atoms. The average Bonchev–Trinajstić information content (AvgIpc) is 3.43. The number of thioether (sulfide) groups is 1. The van der Waals surface area contributed by atoms with Gasteiger partial charge in [0.25, 0.3) is 0 Å². The van der Waals surface area contributed by atoms with Gasteiger partial charge in [0.1, 0.15) is 0 Å². The van der Waals surface area contributed by atoms with Crippen molar-refractivity contribution < 1.29 is 9.59 Å². The molecule has 1 aromatic heterocycles. The maximum Gasteiger partial charge on any atom is 0.232 e. The van der Waals surface area contributed by atoms with Gasteiger partial charge in [-0.3, -0.25) is 14.2 Å². The first kappa shape index (κ1) is 22.4. The van der Waals surface area contributed by atoms with Gasteiger partial charge in [-0.15, -0.1) is 10.2 Å². The average molecular weight is 470 g/mol. The minimum absolute atomic E-state index is 0.0206. The lowest BCUT2D eigenvalue weighted by Gasteiger charge is -2.19. The van der Waals surface area contributed by atoms with Gasteiger partial charge in [0, 0.05) is 36.3 Å². The molecule has 2 aromatic carbocycles. The van der Waals surface area contributed by atoms with Crippen molar-refractivity contribution in [3.8, 4) is 5.69 Å². The van der Waals surface area contributed by atoms with E-state index in [9.17, 15) is 9.59 Å². The zero-order valence-corrected chi connectivity index (χ0v) is 19.5. The van der Waals surface area contributed by atoms with E-state index in [4.69, 9.17) is 11.6 Å². The largest absolute Gasteiger partial charge is 0.341 e. The summed E-state index contributed by atoms with van der Waals surface area (Å²) in [5, 5.41) is 12.5. The summed E-state index contributed by atoms with van der Waals surface area (Å²) in [6.45, 7) is 5.17. The smallest absolute Gasteiger partial charge is 0.232 e. The van der Waals surface area contributed by atoms with E-state index in [0.717, 1.165) is 37.6 Å². The fraction of sp³-hybridized carbons (Fsp3) is 0.304. The van der Waals surface area contributed by atoms with Gasteiger partial charge in [0.2, 0.25) is 11.9 Å². The fourth-order valence-corrected chi connectivity index (χ4v) is 4.79. The van der Waals surface area contributed by atoms with Gasteiger partial charge in [0.15, 0.2) is 10.9 Å². The van der Waals surface area contributed by atoms with Crippen molar-refractivity contribution in [3.05, 3.63) is 59.1 Å². The van der Waals surface area contributed by atoms with Crippen molar-refractivity contribution >= 4 is 46.7 Å². The highest BCUT2D eigenvalue weighted by Crippen LogP contribution is 2.32. The fourth-order valence-electron chi connectivity index (χ4n) is 3.67. The molecule has 1 fully saturated rings. The second-order valence-corrected chi connectivity index (χ2v) is 9.42. The quantitative estimate of drug-likeness (QED) is 0.394. The van der Waals surface area contributed by atoms with Crippen molar-refractivity contribution in [3.63, 3.8) is 0 Å². The van der Waals surface area contributed by atoms with Gasteiger partial charge in [0.05, 0.1) is 10.9 Å². The zero-order valence-electron chi connectivity index (χ0n) is 17.9. The van der Waals surface area contributed by atoms with Crippen LogP contribution in [-0.2, 0) is 4.79 Å². The molecule has 1 atom stereocenters. The van der Waals surface area contributed by atoms with Crippen LogP contribution in [0.3, 0.4) is 0 Å². The molecule has 32 heavy (non-hydrogen) atoms. The van der Waals surface area contributed by atoms with Crippen LogP contribution in [0.25, 0.3) is 5.69 Å². The lowest BCUT2D eigenvalue weighted by atomic mass is 10.1. The summed E-state index contributed by atoms with van der Waals surface area (Å²) in [7, 11) is 0. The summed E-state index contributed by atoms with van der Waals surface area (Å²) >= 11 is 7.62.